The number of amides is 1. The minimum atomic E-state index is -0.576. The van der Waals surface area contributed by atoms with Gasteiger partial charge >= 0.3 is 12.1 Å². The van der Waals surface area contributed by atoms with Gasteiger partial charge in [-0.3, -0.25) is 4.79 Å². The van der Waals surface area contributed by atoms with E-state index in [4.69, 9.17) is 9.47 Å². The Kier molecular flexibility index (Phi) is 4.82. The molecule has 0 fully saturated rings. The van der Waals surface area contributed by atoms with E-state index in [1.807, 2.05) is 0 Å². The van der Waals surface area contributed by atoms with Crippen molar-refractivity contribution >= 4 is 12.1 Å². The molecule has 2 heterocycles. The van der Waals surface area contributed by atoms with Crippen LogP contribution in [0.25, 0.3) is 0 Å². The van der Waals surface area contributed by atoms with Gasteiger partial charge in [0.05, 0.1) is 24.4 Å². The van der Waals surface area contributed by atoms with Gasteiger partial charge in [0.2, 0.25) is 5.88 Å². The molecule has 2 rings (SSSR count). The SMILES string of the molecule is CCOC(=O)Cn1nc2c(c1O)CN(C(=O)OC(C)(C)C)CC2. The van der Waals surface area contributed by atoms with E-state index >= 15 is 0 Å². The maximum absolute atomic E-state index is 12.1. The van der Waals surface area contributed by atoms with Crippen LogP contribution in [-0.4, -0.2) is 50.6 Å². The monoisotopic (exact) mass is 325 g/mol. The van der Waals surface area contributed by atoms with Crippen LogP contribution in [0.2, 0.25) is 0 Å². The number of aromatic hydroxyl groups is 1. The number of carbonyl (C=O) groups is 2. The Labute approximate surface area is 135 Å². The lowest BCUT2D eigenvalue weighted by atomic mass is 10.1. The lowest BCUT2D eigenvalue weighted by molar-refractivity contribution is -0.144. The molecule has 0 aliphatic carbocycles. The molecule has 0 saturated carbocycles. The van der Waals surface area contributed by atoms with Gasteiger partial charge in [-0.15, -0.1) is 0 Å². The van der Waals surface area contributed by atoms with E-state index in [0.29, 0.717) is 24.2 Å². The molecule has 0 aromatic carbocycles. The number of hydrogen-bond acceptors (Lipinski definition) is 6. The molecule has 8 nitrogen and oxygen atoms in total. The summed E-state index contributed by atoms with van der Waals surface area (Å²) in [6.45, 7) is 7.90. The Morgan fingerprint density at radius 1 is 1.35 bits per heavy atom. The molecule has 8 heteroatoms. The Morgan fingerprint density at radius 2 is 2.04 bits per heavy atom. The van der Waals surface area contributed by atoms with E-state index in [2.05, 4.69) is 5.10 Å². The summed E-state index contributed by atoms with van der Waals surface area (Å²) in [5.74, 6) is -0.576. The lowest BCUT2D eigenvalue weighted by Crippen LogP contribution is -2.39. The van der Waals surface area contributed by atoms with E-state index in [1.54, 1.807) is 27.7 Å². The summed E-state index contributed by atoms with van der Waals surface area (Å²) in [4.78, 5) is 25.2. The minimum Gasteiger partial charge on any atom is -0.493 e. The van der Waals surface area contributed by atoms with Gasteiger partial charge in [-0.1, -0.05) is 0 Å². The standard InChI is InChI=1S/C15H23N3O5/c1-5-22-12(19)9-18-13(20)10-8-17(7-6-11(10)16-18)14(21)23-15(2,3)4/h20H,5-9H2,1-4H3. The fourth-order valence-electron chi connectivity index (χ4n) is 2.33. The summed E-state index contributed by atoms with van der Waals surface area (Å²) in [5.41, 5.74) is 0.658. The van der Waals surface area contributed by atoms with Crippen LogP contribution < -0.4 is 0 Å². The van der Waals surface area contributed by atoms with Crippen LogP contribution in [-0.2, 0) is 33.8 Å². The van der Waals surface area contributed by atoms with E-state index in [1.165, 1.54) is 9.58 Å². The predicted octanol–water partition coefficient (Wildman–Crippen LogP) is 1.44. The van der Waals surface area contributed by atoms with E-state index in [9.17, 15) is 14.7 Å². The first-order valence-corrected chi connectivity index (χ1v) is 7.62. The van der Waals surface area contributed by atoms with Crippen molar-refractivity contribution in [3.63, 3.8) is 0 Å². The van der Waals surface area contributed by atoms with Crippen molar-refractivity contribution in [3.05, 3.63) is 11.3 Å². The summed E-state index contributed by atoms with van der Waals surface area (Å²) < 4.78 is 11.4. The lowest BCUT2D eigenvalue weighted by Gasteiger charge is -2.29. The molecular weight excluding hydrogens is 302 g/mol. The van der Waals surface area contributed by atoms with Crippen LogP contribution in [0, 0.1) is 0 Å². The highest BCUT2D eigenvalue weighted by Gasteiger charge is 2.30. The summed E-state index contributed by atoms with van der Waals surface area (Å²) in [5, 5.41) is 14.5. The fraction of sp³-hybridized carbons (Fsp3) is 0.667. The Balaban J connectivity index is 2.10. The molecule has 1 aliphatic heterocycles. The molecule has 128 valence electrons. The van der Waals surface area contributed by atoms with Gasteiger partial charge in [0.1, 0.15) is 12.1 Å². The van der Waals surface area contributed by atoms with Crippen molar-refractivity contribution < 1.29 is 24.2 Å². The van der Waals surface area contributed by atoms with Crippen LogP contribution in [0.1, 0.15) is 39.0 Å². The minimum absolute atomic E-state index is 0.110. The summed E-state index contributed by atoms with van der Waals surface area (Å²) in [6.07, 6.45) is 0.0681. The molecule has 1 amide bonds. The molecule has 1 aromatic rings. The van der Waals surface area contributed by atoms with Gasteiger partial charge in [0, 0.05) is 13.0 Å². The van der Waals surface area contributed by atoms with Crippen LogP contribution in [0.3, 0.4) is 0 Å². The first-order valence-electron chi connectivity index (χ1n) is 7.62. The molecule has 1 aliphatic rings. The second-order valence-corrected chi connectivity index (χ2v) is 6.36. The molecule has 0 atom stereocenters. The second kappa shape index (κ2) is 6.47. The van der Waals surface area contributed by atoms with Crippen molar-refractivity contribution in [1.29, 1.82) is 0 Å². The van der Waals surface area contributed by atoms with Gasteiger partial charge in [-0.2, -0.15) is 5.10 Å². The number of ether oxygens (including phenoxy) is 2. The summed E-state index contributed by atoms with van der Waals surface area (Å²) in [7, 11) is 0. The molecular formula is C15H23N3O5. The maximum atomic E-state index is 12.1. The van der Waals surface area contributed by atoms with Crippen molar-refractivity contribution in [1.82, 2.24) is 14.7 Å². The van der Waals surface area contributed by atoms with Gasteiger partial charge in [-0.25, -0.2) is 9.48 Å². The molecule has 0 spiro atoms. The zero-order valence-electron chi connectivity index (χ0n) is 14.0. The number of nitrogens with zero attached hydrogens (tertiary/aromatic N) is 3. The Hall–Kier alpha value is -2.25. The highest BCUT2D eigenvalue weighted by molar-refractivity contribution is 5.70. The fourth-order valence-corrected chi connectivity index (χ4v) is 2.33. The largest absolute Gasteiger partial charge is 0.493 e. The normalized spacial score (nSPS) is 14.3. The van der Waals surface area contributed by atoms with Crippen LogP contribution in [0.15, 0.2) is 0 Å². The zero-order valence-corrected chi connectivity index (χ0v) is 14.0. The first-order chi connectivity index (χ1) is 10.7. The predicted molar refractivity (Wildman–Crippen MR) is 80.9 cm³/mol. The molecule has 1 aromatic heterocycles. The molecule has 0 radical (unpaired) electrons. The molecule has 23 heavy (non-hydrogen) atoms. The topological polar surface area (TPSA) is 93.9 Å². The van der Waals surface area contributed by atoms with E-state index < -0.39 is 17.7 Å². The summed E-state index contributed by atoms with van der Waals surface area (Å²) >= 11 is 0. The van der Waals surface area contributed by atoms with Crippen molar-refractivity contribution in [3.8, 4) is 5.88 Å². The number of rotatable bonds is 3. The highest BCUT2D eigenvalue weighted by atomic mass is 16.6. The average molecular weight is 325 g/mol. The summed E-state index contributed by atoms with van der Waals surface area (Å²) in [6, 6.07) is 0. The quantitative estimate of drug-likeness (QED) is 0.845. The smallest absolute Gasteiger partial charge is 0.410 e. The zero-order chi connectivity index (χ0) is 17.2. The number of aromatic nitrogens is 2. The Morgan fingerprint density at radius 3 is 2.65 bits per heavy atom. The highest BCUT2D eigenvalue weighted by Crippen LogP contribution is 2.28. The van der Waals surface area contributed by atoms with Gasteiger partial charge in [0.15, 0.2) is 0 Å². The number of carbonyl (C=O) groups excluding carboxylic acids is 2. The first kappa shape index (κ1) is 17.1. The van der Waals surface area contributed by atoms with Crippen molar-refractivity contribution in [2.45, 2.75) is 52.8 Å². The van der Waals surface area contributed by atoms with Gasteiger partial charge in [0.25, 0.3) is 0 Å². The van der Waals surface area contributed by atoms with E-state index in [-0.39, 0.29) is 25.6 Å². The molecule has 0 unspecified atom stereocenters. The third kappa shape index (κ3) is 4.14. The van der Waals surface area contributed by atoms with Crippen LogP contribution in [0.4, 0.5) is 4.79 Å². The van der Waals surface area contributed by atoms with Gasteiger partial charge < -0.3 is 19.5 Å². The van der Waals surface area contributed by atoms with Crippen molar-refractivity contribution in [2.75, 3.05) is 13.2 Å². The number of hydrogen-bond donors (Lipinski definition) is 1. The Bertz CT molecular complexity index is 603. The molecule has 1 N–H and O–H groups in total. The second-order valence-electron chi connectivity index (χ2n) is 6.36. The van der Waals surface area contributed by atoms with E-state index in [0.717, 1.165) is 0 Å². The van der Waals surface area contributed by atoms with Crippen LogP contribution in [0.5, 0.6) is 5.88 Å². The maximum Gasteiger partial charge on any atom is 0.410 e. The van der Waals surface area contributed by atoms with Crippen LogP contribution >= 0.6 is 0 Å². The average Bonchev–Trinajstić information content (AvgIpc) is 2.73. The molecule has 0 saturated heterocycles. The number of fused-ring (bicyclic) bond motifs is 1. The number of esters is 1. The van der Waals surface area contributed by atoms with Gasteiger partial charge in [-0.05, 0) is 27.7 Å². The molecule has 0 bridgehead atoms. The van der Waals surface area contributed by atoms with Crippen molar-refractivity contribution in [2.24, 2.45) is 0 Å². The third-order valence-corrected chi connectivity index (χ3v) is 3.31. The third-order valence-electron chi connectivity index (χ3n) is 3.31.